The maximum Gasteiger partial charge on any atom is 0.264 e. The fourth-order valence-electron chi connectivity index (χ4n) is 2.81. The summed E-state index contributed by atoms with van der Waals surface area (Å²) in [6, 6.07) is 8.84. The Bertz CT molecular complexity index is 819. The van der Waals surface area contributed by atoms with E-state index in [4.69, 9.17) is 4.74 Å². The highest BCUT2D eigenvalue weighted by Gasteiger charge is 2.70. The summed E-state index contributed by atoms with van der Waals surface area (Å²) in [5, 5.41) is 2.52. The van der Waals surface area contributed by atoms with Gasteiger partial charge in [-0.1, -0.05) is 6.07 Å². The predicted octanol–water partition coefficient (Wildman–Crippen LogP) is 2.39. The van der Waals surface area contributed by atoms with Crippen LogP contribution in [0.25, 0.3) is 0 Å². The second kappa shape index (κ2) is 4.20. The molecule has 0 radical (unpaired) electrons. The minimum atomic E-state index is -1.39. The third-order valence-electron chi connectivity index (χ3n) is 3.95. The Balaban J connectivity index is 1.70. The van der Waals surface area contributed by atoms with E-state index >= 15 is 0 Å². The average Bonchev–Trinajstić information content (AvgIpc) is 3.17. The van der Waals surface area contributed by atoms with Gasteiger partial charge < -0.3 is 10.1 Å². The lowest BCUT2D eigenvalue weighted by atomic mass is 9.92. The molecule has 4 rings (SSSR count). The van der Waals surface area contributed by atoms with Gasteiger partial charge in [0.05, 0.1) is 5.69 Å². The summed E-state index contributed by atoms with van der Waals surface area (Å²) in [7, 11) is 0. The molecule has 1 amide bonds. The second-order valence-corrected chi connectivity index (χ2v) is 5.25. The lowest BCUT2D eigenvalue weighted by Crippen LogP contribution is -2.27. The van der Waals surface area contributed by atoms with Crippen LogP contribution < -0.4 is 5.32 Å². The number of anilines is 1. The predicted molar refractivity (Wildman–Crippen MR) is 72.3 cm³/mol. The number of halogens is 2. The molecule has 2 aromatic carbocycles. The number of amides is 1. The summed E-state index contributed by atoms with van der Waals surface area (Å²) in [5.74, 6) is -1.85. The molecule has 2 atom stereocenters. The van der Waals surface area contributed by atoms with E-state index in [0.29, 0.717) is 11.3 Å². The number of nitrogens with one attached hydrogen (secondary N) is 1. The topological polar surface area (TPSA) is 58.7 Å². The highest BCUT2D eigenvalue weighted by Crippen LogP contribution is 2.54. The molecule has 1 N–H and O–H groups in total. The van der Waals surface area contributed by atoms with Crippen LogP contribution in [0.5, 0.6) is 0 Å². The van der Waals surface area contributed by atoms with Crippen molar-refractivity contribution < 1.29 is 23.1 Å². The molecule has 0 unspecified atom stereocenters. The number of hydrogen-bond donors (Lipinski definition) is 1. The minimum absolute atomic E-state index is 0.256. The Morgan fingerprint density at radius 2 is 1.77 bits per heavy atom. The van der Waals surface area contributed by atoms with Gasteiger partial charge in [0.2, 0.25) is 5.60 Å². The molecule has 0 aliphatic carbocycles. The molecule has 22 heavy (non-hydrogen) atoms. The molecular formula is C16H9F2NO3. The fraction of sp³-hybridized carbons (Fsp3) is 0.125. The summed E-state index contributed by atoms with van der Waals surface area (Å²) in [5.41, 5.74) is -0.389. The first-order valence-corrected chi connectivity index (χ1v) is 6.61. The molecule has 1 saturated heterocycles. The van der Waals surface area contributed by atoms with E-state index in [1.54, 1.807) is 0 Å². The molecule has 1 spiro atoms. The van der Waals surface area contributed by atoms with Crippen LogP contribution in [-0.2, 0) is 15.1 Å². The van der Waals surface area contributed by atoms with Crippen molar-refractivity contribution in [2.75, 3.05) is 5.32 Å². The molecule has 4 nitrogen and oxygen atoms in total. The zero-order chi connectivity index (χ0) is 15.5. The van der Waals surface area contributed by atoms with Gasteiger partial charge in [0.1, 0.15) is 11.6 Å². The van der Waals surface area contributed by atoms with E-state index in [2.05, 4.69) is 5.32 Å². The molecule has 0 bridgehead atoms. The van der Waals surface area contributed by atoms with Crippen LogP contribution in [0.1, 0.15) is 15.9 Å². The standard InChI is InChI=1S/C16H9F2NO3/c17-9-3-1-8(2-4-9)13(20)14-16(22-14)11-6-5-10(18)7-12(11)19-15(16)21/h1-7,14H,(H,19,21)/t14-,16-/m1/s1. The Labute approximate surface area is 123 Å². The van der Waals surface area contributed by atoms with Crippen LogP contribution in [0, 0.1) is 11.6 Å². The fourth-order valence-corrected chi connectivity index (χ4v) is 2.81. The zero-order valence-electron chi connectivity index (χ0n) is 11.1. The zero-order valence-corrected chi connectivity index (χ0v) is 11.1. The van der Waals surface area contributed by atoms with Crippen LogP contribution in [-0.4, -0.2) is 17.8 Å². The van der Waals surface area contributed by atoms with Gasteiger partial charge >= 0.3 is 0 Å². The highest BCUT2D eigenvalue weighted by molar-refractivity contribution is 6.15. The normalized spacial score (nSPS) is 25.0. The molecule has 0 saturated carbocycles. The number of fused-ring (bicyclic) bond motifs is 2. The van der Waals surface area contributed by atoms with Crippen LogP contribution >= 0.6 is 0 Å². The third kappa shape index (κ3) is 1.64. The maximum atomic E-state index is 13.2. The Kier molecular flexibility index (Phi) is 2.50. The van der Waals surface area contributed by atoms with Gasteiger partial charge in [0, 0.05) is 11.1 Å². The van der Waals surface area contributed by atoms with Crippen molar-refractivity contribution in [3.8, 4) is 0 Å². The van der Waals surface area contributed by atoms with Crippen LogP contribution in [0.2, 0.25) is 0 Å². The number of hydrogen-bond acceptors (Lipinski definition) is 3. The van der Waals surface area contributed by atoms with Crippen molar-refractivity contribution in [3.05, 3.63) is 65.2 Å². The quantitative estimate of drug-likeness (QED) is 0.684. The van der Waals surface area contributed by atoms with E-state index in [9.17, 15) is 18.4 Å². The average molecular weight is 301 g/mol. The first kappa shape index (κ1) is 13.1. The molecular weight excluding hydrogens is 292 g/mol. The monoisotopic (exact) mass is 301 g/mol. The number of carbonyl (C=O) groups excluding carboxylic acids is 2. The summed E-state index contributed by atoms with van der Waals surface area (Å²) >= 11 is 0. The number of rotatable bonds is 2. The molecule has 110 valence electrons. The second-order valence-electron chi connectivity index (χ2n) is 5.25. The van der Waals surface area contributed by atoms with Crippen molar-refractivity contribution in [3.63, 3.8) is 0 Å². The van der Waals surface area contributed by atoms with Gasteiger partial charge in [0.15, 0.2) is 11.9 Å². The van der Waals surface area contributed by atoms with Crippen LogP contribution in [0.3, 0.4) is 0 Å². The lowest BCUT2D eigenvalue weighted by molar-refractivity contribution is -0.120. The maximum absolute atomic E-state index is 13.2. The first-order valence-electron chi connectivity index (χ1n) is 6.61. The number of epoxide rings is 1. The van der Waals surface area contributed by atoms with Crippen LogP contribution in [0.4, 0.5) is 14.5 Å². The van der Waals surface area contributed by atoms with Crippen molar-refractivity contribution in [1.82, 2.24) is 0 Å². The highest BCUT2D eigenvalue weighted by atomic mass is 19.1. The van der Waals surface area contributed by atoms with Gasteiger partial charge in [-0.25, -0.2) is 8.78 Å². The molecule has 2 aliphatic rings. The van der Waals surface area contributed by atoms with E-state index in [-0.39, 0.29) is 5.56 Å². The molecule has 2 aliphatic heterocycles. The Morgan fingerprint density at radius 3 is 2.50 bits per heavy atom. The number of ketones is 1. The number of ether oxygens (including phenoxy) is 1. The number of carbonyl (C=O) groups is 2. The van der Waals surface area contributed by atoms with Gasteiger partial charge in [-0.15, -0.1) is 0 Å². The van der Waals surface area contributed by atoms with Crippen molar-refractivity contribution in [1.29, 1.82) is 0 Å². The van der Waals surface area contributed by atoms with Gasteiger partial charge in [-0.05, 0) is 36.4 Å². The molecule has 1 fully saturated rings. The van der Waals surface area contributed by atoms with Gasteiger partial charge in [-0.3, -0.25) is 9.59 Å². The van der Waals surface area contributed by atoms with Gasteiger partial charge in [0.25, 0.3) is 5.91 Å². The number of benzene rings is 2. The molecule has 2 aromatic rings. The molecule has 6 heteroatoms. The summed E-state index contributed by atoms with van der Waals surface area (Å²) < 4.78 is 31.6. The smallest absolute Gasteiger partial charge is 0.264 e. The van der Waals surface area contributed by atoms with E-state index in [1.807, 2.05) is 0 Å². The van der Waals surface area contributed by atoms with Crippen molar-refractivity contribution >= 4 is 17.4 Å². The third-order valence-corrected chi connectivity index (χ3v) is 3.95. The van der Waals surface area contributed by atoms with Crippen molar-refractivity contribution in [2.24, 2.45) is 0 Å². The molecule has 0 aromatic heterocycles. The van der Waals surface area contributed by atoms with E-state index in [1.165, 1.54) is 42.5 Å². The largest absolute Gasteiger partial charge is 0.342 e. The minimum Gasteiger partial charge on any atom is -0.342 e. The summed E-state index contributed by atoms with van der Waals surface area (Å²) in [4.78, 5) is 24.6. The number of Topliss-reactive ketones (excluding diaryl/α,β-unsaturated/α-hetero) is 1. The summed E-state index contributed by atoms with van der Waals surface area (Å²) in [6.45, 7) is 0. The Hall–Kier alpha value is -2.60. The van der Waals surface area contributed by atoms with Crippen LogP contribution in [0.15, 0.2) is 42.5 Å². The SMILES string of the molecule is O=C(c1ccc(F)cc1)[C@H]1O[C@@]12C(=O)Nc1cc(F)ccc12. The molecule has 2 heterocycles. The summed E-state index contributed by atoms with van der Waals surface area (Å²) in [6.07, 6.45) is -0.982. The van der Waals surface area contributed by atoms with E-state index in [0.717, 1.165) is 0 Å². The van der Waals surface area contributed by atoms with Gasteiger partial charge in [-0.2, -0.15) is 0 Å². The lowest BCUT2D eigenvalue weighted by Gasteiger charge is -2.03. The first-order chi connectivity index (χ1) is 10.5. The Morgan fingerprint density at radius 1 is 1.09 bits per heavy atom. The van der Waals surface area contributed by atoms with Crippen molar-refractivity contribution in [2.45, 2.75) is 11.7 Å². The van der Waals surface area contributed by atoms with E-state index < -0.39 is 35.0 Å².